The second-order valence-corrected chi connectivity index (χ2v) is 16.6. The zero-order valence-electron chi connectivity index (χ0n) is 29.0. The van der Waals surface area contributed by atoms with Crippen molar-refractivity contribution in [3.63, 3.8) is 0 Å². The van der Waals surface area contributed by atoms with Crippen molar-refractivity contribution >= 4 is 33.3 Å². The highest BCUT2D eigenvalue weighted by Crippen LogP contribution is 2.41. The van der Waals surface area contributed by atoms with E-state index < -0.39 is 28.2 Å². The molecule has 0 spiro atoms. The summed E-state index contributed by atoms with van der Waals surface area (Å²) in [4.78, 5) is 36.0. The molecule has 1 aliphatic heterocycles. The number of rotatable bonds is 17. The van der Waals surface area contributed by atoms with Gasteiger partial charge in [-0.15, -0.1) is 11.3 Å². The predicted octanol–water partition coefficient (Wildman–Crippen LogP) is 4.73. The molecule has 11 nitrogen and oxygen atoms in total. The average Bonchev–Trinajstić information content (AvgIpc) is 3.72. The Morgan fingerprint density at radius 3 is 2.37 bits per heavy atom. The van der Waals surface area contributed by atoms with E-state index in [4.69, 9.17) is 9.72 Å². The molecule has 2 aliphatic rings. The van der Waals surface area contributed by atoms with Crippen LogP contribution in [0.1, 0.15) is 62.7 Å². The second kappa shape index (κ2) is 16.0. The average molecular weight is 712 g/mol. The van der Waals surface area contributed by atoms with Crippen LogP contribution in [0.25, 0.3) is 0 Å². The van der Waals surface area contributed by atoms with Gasteiger partial charge in [0.15, 0.2) is 0 Å². The molecule has 49 heavy (non-hydrogen) atoms. The van der Waals surface area contributed by atoms with Crippen LogP contribution in [0.3, 0.4) is 0 Å². The molecule has 0 radical (unpaired) electrons. The van der Waals surface area contributed by atoms with Crippen LogP contribution in [0.2, 0.25) is 0 Å². The van der Waals surface area contributed by atoms with Gasteiger partial charge in [0, 0.05) is 37.5 Å². The Morgan fingerprint density at radius 1 is 1.06 bits per heavy atom. The van der Waals surface area contributed by atoms with Gasteiger partial charge in [-0.1, -0.05) is 58.0 Å². The van der Waals surface area contributed by atoms with Crippen molar-refractivity contribution in [3.8, 4) is 5.75 Å². The van der Waals surface area contributed by atoms with E-state index in [1.807, 2.05) is 63.4 Å². The summed E-state index contributed by atoms with van der Waals surface area (Å²) in [6.45, 7) is 8.84. The van der Waals surface area contributed by atoms with E-state index in [0.717, 1.165) is 16.3 Å². The van der Waals surface area contributed by atoms with Crippen LogP contribution in [0.4, 0.5) is 4.79 Å². The Bertz CT molecular complexity index is 1660. The third-order valence-electron chi connectivity index (χ3n) is 8.96. The summed E-state index contributed by atoms with van der Waals surface area (Å²) < 4.78 is 34.2. The second-order valence-electron chi connectivity index (χ2n) is 13.8. The number of carbonyl (C=O) groups excluding carboxylic acids is 2. The summed E-state index contributed by atoms with van der Waals surface area (Å²) in [5.74, 6) is 0.458. The first-order valence-electron chi connectivity index (χ1n) is 17.0. The van der Waals surface area contributed by atoms with Crippen molar-refractivity contribution in [2.45, 2.75) is 82.5 Å². The van der Waals surface area contributed by atoms with E-state index >= 15 is 0 Å². The van der Waals surface area contributed by atoms with Crippen LogP contribution in [-0.4, -0.2) is 96.0 Å². The largest absolute Gasteiger partial charge is 0.497 e. The van der Waals surface area contributed by atoms with Crippen molar-refractivity contribution in [3.05, 3.63) is 76.2 Å². The number of aromatic nitrogens is 1. The maximum Gasteiger partial charge on any atom is 0.321 e. The van der Waals surface area contributed by atoms with Crippen LogP contribution in [0.15, 0.2) is 64.9 Å². The van der Waals surface area contributed by atoms with Gasteiger partial charge in [0.2, 0.25) is 15.9 Å². The Morgan fingerprint density at radius 2 is 1.76 bits per heavy atom. The predicted molar refractivity (Wildman–Crippen MR) is 190 cm³/mol. The molecule has 266 valence electrons. The molecule has 1 saturated carbocycles. The number of hydrogen-bond donors (Lipinski definition) is 2. The van der Waals surface area contributed by atoms with Crippen molar-refractivity contribution in [1.29, 1.82) is 0 Å². The van der Waals surface area contributed by atoms with Crippen LogP contribution < -0.4 is 10.1 Å². The number of aliphatic hydroxyl groups excluding tert-OH is 1. The molecule has 3 amide bonds. The van der Waals surface area contributed by atoms with E-state index in [-0.39, 0.29) is 48.2 Å². The maximum atomic E-state index is 14.1. The lowest BCUT2D eigenvalue weighted by atomic mass is 9.97. The highest BCUT2D eigenvalue weighted by molar-refractivity contribution is 7.89. The molecule has 1 aromatic heterocycles. The number of hydrogen-bond acceptors (Lipinski definition) is 8. The molecule has 2 N–H and O–H groups in total. The Labute approximate surface area is 294 Å². The molecular formula is C36H49N5O6S2. The summed E-state index contributed by atoms with van der Waals surface area (Å²) >= 11 is 1.64. The van der Waals surface area contributed by atoms with Crippen LogP contribution in [0.5, 0.6) is 5.75 Å². The molecule has 3 atom stereocenters. The lowest BCUT2D eigenvalue weighted by Gasteiger charge is -2.34. The summed E-state index contributed by atoms with van der Waals surface area (Å²) in [6, 6.07) is 13.8. The molecule has 1 saturated heterocycles. The van der Waals surface area contributed by atoms with Crippen LogP contribution in [-0.2, 0) is 27.8 Å². The van der Waals surface area contributed by atoms with E-state index in [2.05, 4.69) is 5.32 Å². The van der Waals surface area contributed by atoms with E-state index in [1.54, 1.807) is 33.3 Å². The van der Waals surface area contributed by atoms with Gasteiger partial charge in [-0.25, -0.2) is 18.2 Å². The topological polar surface area (TPSA) is 132 Å². The van der Waals surface area contributed by atoms with Gasteiger partial charge in [0.1, 0.15) is 11.8 Å². The monoisotopic (exact) mass is 711 g/mol. The number of thiazole rings is 1. The number of benzene rings is 2. The highest BCUT2D eigenvalue weighted by Gasteiger charge is 2.41. The first kappa shape index (κ1) is 36.8. The van der Waals surface area contributed by atoms with Crippen molar-refractivity contribution in [2.24, 2.45) is 11.8 Å². The third kappa shape index (κ3) is 9.19. The fourth-order valence-electron chi connectivity index (χ4n) is 6.25. The molecule has 2 fully saturated rings. The first-order chi connectivity index (χ1) is 23.4. The molecule has 2 aromatic carbocycles. The zero-order chi connectivity index (χ0) is 35.3. The van der Waals surface area contributed by atoms with Crippen LogP contribution >= 0.6 is 11.3 Å². The lowest BCUT2D eigenvalue weighted by Crippen LogP contribution is -2.57. The molecule has 5 rings (SSSR count). The number of nitrogens with one attached hydrogen (secondary N) is 1. The standard InChI is InChI=1S/C36H49N5O6S2/c1-24(2)20-40(49(45,46)30-15-13-29(47-5)14-16-30)22-32(42)31(19-26-9-7-6-8-10-26)38-34(43)33(25(3)4)41-18-17-39(36(41)44)21-28-23-48-35(37-28)27-11-12-27/h6-10,13-16,23-25,27,31-33,42H,11-12,17-22H2,1-5H3,(H,38,43)/t31-,32-,33-/m0/s1. The molecular weight excluding hydrogens is 663 g/mol. The number of carbonyl (C=O) groups is 2. The fraction of sp³-hybridized carbons (Fsp3) is 0.528. The molecule has 0 unspecified atom stereocenters. The van der Waals surface area contributed by atoms with Gasteiger partial charge in [0.25, 0.3) is 0 Å². The SMILES string of the molecule is COc1ccc(S(=O)(=O)N(CC(C)C)C[C@H](O)[C@H](Cc2ccccc2)NC(=O)[C@H](C(C)C)N2CCN(Cc3csc(C4CC4)n3)C2=O)cc1. The van der Waals surface area contributed by atoms with E-state index in [1.165, 1.54) is 36.4 Å². The molecule has 13 heteroatoms. The minimum absolute atomic E-state index is 0.0265. The molecule has 3 aromatic rings. The van der Waals surface area contributed by atoms with Gasteiger partial charge in [-0.2, -0.15) is 4.31 Å². The fourth-order valence-corrected chi connectivity index (χ4v) is 8.85. The number of ether oxygens (including phenoxy) is 1. The first-order valence-corrected chi connectivity index (χ1v) is 19.4. The van der Waals surface area contributed by atoms with Crippen LogP contribution in [0, 0.1) is 11.8 Å². The smallest absolute Gasteiger partial charge is 0.321 e. The van der Waals surface area contributed by atoms with E-state index in [9.17, 15) is 23.1 Å². The van der Waals surface area contributed by atoms with Crippen molar-refractivity contribution in [1.82, 2.24) is 24.4 Å². The summed E-state index contributed by atoms with van der Waals surface area (Å²) in [6.07, 6.45) is 1.36. The van der Waals surface area contributed by atoms with E-state index in [0.29, 0.717) is 31.3 Å². The Kier molecular flexibility index (Phi) is 12.0. The molecule has 0 bridgehead atoms. The van der Waals surface area contributed by atoms with Gasteiger partial charge in [-0.05, 0) is 60.9 Å². The van der Waals surface area contributed by atoms with Gasteiger partial charge in [0.05, 0.1) is 41.4 Å². The number of methoxy groups -OCH3 is 1. The minimum atomic E-state index is -3.99. The zero-order valence-corrected chi connectivity index (χ0v) is 30.6. The van der Waals surface area contributed by atoms with Crippen molar-refractivity contribution < 1.29 is 27.9 Å². The van der Waals surface area contributed by atoms with Gasteiger partial charge < -0.3 is 25.0 Å². The number of urea groups is 1. The number of aliphatic hydroxyl groups is 1. The highest BCUT2D eigenvalue weighted by atomic mass is 32.2. The maximum absolute atomic E-state index is 14.1. The summed E-state index contributed by atoms with van der Waals surface area (Å²) in [7, 11) is -2.48. The number of amides is 3. The molecule has 2 heterocycles. The normalized spacial score (nSPS) is 17.2. The van der Waals surface area contributed by atoms with Crippen molar-refractivity contribution in [2.75, 3.05) is 33.3 Å². The van der Waals surface area contributed by atoms with Gasteiger partial charge in [-0.3, -0.25) is 4.79 Å². The summed E-state index contributed by atoms with van der Waals surface area (Å²) in [5.41, 5.74) is 1.74. The third-order valence-corrected chi connectivity index (χ3v) is 11.9. The number of sulfonamides is 1. The minimum Gasteiger partial charge on any atom is -0.497 e. The Hall–Kier alpha value is -3.52. The lowest BCUT2D eigenvalue weighted by molar-refractivity contribution is -0.128. The quantitative estimate of drug-likeness (QED) is 0.207. The molecule has 1 aliphatic carbocycles. The summed E-state index contributed by atoms with van der Waals surface area (Å²) in [5, 5.41) is 17.9. The number of nitrogens with zero attached hydrogens (tertiary/aromatic N) is 4. The Balaban J connectivity index is 1.34. The van der Waals surface area contributed by atoms with Gasteiger partial charge >= 0.3 is 6.03 Å².